The van der Waals surface area contributed by atoms with Gasteiger partial charge in [-0.3, -0.25) is 4.98 Å². The van der Waals surface area contributed by atoms with Gasteiger partial charge in [-0.2, -0.15) is 4.52 Å². The molecule has 1 saturated carbocycles. The van der Waals surface area contributed by atoms with Crippen LogP contribution in [-0.4, -0.2) is 31.1 Å². The zero-order valence-corrected chi connectivity index (χ0v) is 10.7. The van der Waals surface area contributed by atoms with Crippen LogP contribution in [0.4, 0.5) is 5.82 Å². The molecule has 2 aromatic rings. The molecule has 6 nitrogen and oxygen atoms in total. The zero-order chi connectivity index (χ0) is 12.5. The van der Waals surface area contributed by atoms with Crippen LogP contribution in [0.3, 0.4) is 0 Å². The highest BCUT2D eigenvalue weighted by atomic mass is 15.5. The maximum Gasteiger partial charge on any atom is 0.199 e. The topological polar surface area (TPSA) is 68.0 Å². The van der Waals surface area contributed by atoms with Crippen LogP contribution < -0.4 is 5.32 Å². The Morgan fingerprint density at radius 3 is 3.06 bits per heavy atom. The molecule has 1 aliphatic carbocycles. The van der Waals surface area contributed by atoms with Crippen molar-refractivity contribution in [2.75, 3.05) is 5.32 Å². The minimum atomic E-state index is 0.492. The summed E-state index contributed by atoms with van der Waals surface area (Å²) >= 11 is 0. The highest BCUT2D eigenvalue weighted by molar-refractivity contribution is 5.44. The van der Waals surface area contributed by atoms with E-state index in [0.717, 1.165) is 11.7 Å². The molecule has 18 heavy (non-hydrogen) atoms. The second kappa shape index (κ2) is 4.51. The normalized spacial score (nSPS) is 27.8. The van der Waals surface area contributed by atoms with E-state index >= 15 is 0 Å². The summed E-state index contributed by atoms with van der Waals surface area (Å²) in [4.78, 5) is 4.17. The second-order valence-corrected chi connectivity index (χ2v) is 5.10. The zero-order valence-electron chi connectivity index (χ0n) is 10.7. The van der Waals surface area contributed by atoms with E-state index in [1.165, 1.54) is 19.3 Å². The molecule has 96 valence electrons. The van der Waals surface area contributed by atoms with Crippen LogP contribution in [0, 0.1) is 11.8 Å². The number of aromatic nitrogens is 5. The van der Waals surface area contributed by atoms with Crippen molar-refractivity contribution in [3.63, 3.8) is 0 Å². The third-order valence-electron chi connectivity index (χ3n) is 4.19. The lowest BCUT2D eigenvalue weighted by atomic mass is 9.93. The molecule has 0 bridgehead atoms. The van der Waals surface area contributed by atoms with Crippen LogP contribution in [0.15, 0.2) is 12.4 Å². The van der Waals surface area contributed by atoms with E-state index in [1.807, 2.05) is 0 Å². The number of rotatable bonds is 3. The molecule has 3 rings (SSSR count). The monoisotopic (exact) mass is 246 g/mol. The van der Waals surface area contributed by atoms with Gasteiger partial charge in [0.2, 0.25) is 0 Å². The molecule has 0 saturated heterocycles. The van der Waals surface area contributed by atoms with Gasteiger partial charge in [0.25, 0.3) is 0 Å². The van der Waals surface area contributed by atoms with Gasteiger partial charge in [0.15, 0.2) is 11.5 Å². The van der Waals surface area contributed by atoms with Gasteiger partial charge in [-0.15, -0.1) is 5.10 Å². The lowest BCUT2D eigenvalue weighted by Gasteiger charge is -2.21. The Labute approximate surface area is 106 Å². The molecule has 6 heteroatoms. The third kappa shape index (κ3) is 1.81. The average molecular weight is 246 g/mol. The van der Waals surface area contributed by atoms with Crippen LogP contribution in [-0.2, 0) is 0 Å². The summed E-state index contributed by atoms with van der Waals surface area (Å²) in [6.45, 7) is 4.60. The molecule has 1 fully saturated rings. The Kier molecular flexibility index (Phi) is 2.85. The molecule has 2 aromatic heterocycles. The summed E-state index contributed by atoms with van der Waals surface area (Å²) in [5, 5.41) is 15.1. The molecule has 0 radical (unpaired) electrons. The highest BCUT2D eigenvalue weighted by Gasteiger charge is 2.31. The Morgan fingerprint density at radius 1 is 1.39 bits per heavy atom. The lowest BCUT2D eigenvalue weighted by Crippen LogP contribution is -2.26. The predicted molar refractivity (Wildman–Crippen MR) is 68.2 cm³/mol. The van der Waals surface area contributed by atoms with Gasteiger partial charge in [0.1, 0.15) is 0 Å². The summed E-state index contributed by atoms with van der Waals surface area (Å²) in [6, 6.07) is 0.492. The van der Waals surface area contributed by atoms with Gasteiger partial charge in [0.05, 0.1) is 12.4 Å². The molecular formula is C12H18N6. The fourth-order valence-corrected chi connectivity index (χ4v) is 2.99. The van der Waals surface area contributed by atoms with Crippen LogP contribution >= 0.6 is 0 Å². The first kappa shape index (κ1) is 11.4. The number of tetrazole rings is 1. The molecule has 0 spiro atoms. The molecule has 3 atom stereocenters. The number of fused-ring (bicyclic) bond motifs is 1. The van der Waals surface area contributed by atoms with Crippen molar-refractivity contribution in [2.45, 2.75) is 39.2 Å². The molecule has 1 N–H and O–H groups in total. The van der Waals surface area contributed by atoms with Gasteiger partial charge in [-0.25, -0.2) is 0 Å². The maximum absolute atomic E-state index is 4.17. The minimum Gasteiger partial charge on any atom is -0.366 e. The summed E-state index contributed by atoms with van der Waals surface area (Å²) in [5.41, 5.74) is 0.678. The maximum atomic E-state index is 4.17. The van der Waals surface area contributed by atoms with Gasteiger partial charge in [0, 0.05) is 6.04 Å². The number of hydrogen-bond acceptors (Lipinski definition) is 5. The Bertz CT molecular complexity index is 536. The third-order valence-corrected chi connectivity index (χ3v) is 4.19. The molecule has 0 aromatic carbocycles. The highest BCUT2D eigenvalue weighted by Crippen LogP contribution is 2.35. The summed E-state index contributed by atoms with van der Waals surface area (Å²) in [6.07, 6.45) is 7.21. The van der Waals surface area contributed by atoms with Crippen molar-refractivity contribution in [3.05, 3.63) is 12.4 Å². The van der Waals surface area contributed by atoms with E-state index in [9.17, 15) is 0 Å². The molecule has 2 heterocycles. The molecule has 1 aliphatic rings. The van der Waals surface area contributed by atoms with Crippen molar-refractivity contribution in [1.29, 1.82) is 0 Å². The van der Waals surface area contributed by atoms with Gasteiger partial charge in [-0.05, 0) is 35.1 Å². The molecule has 0 aliphatic heterocycles. The molecular weight excluding hydrogens is 228 g/mol. The van der Waals surface area contributed by atoms with Crippen LogP contribution in [0.5, 0.6) is 0 Å². The van der Waals surface area contributed by atoms with Gasteiger partial charge >= 0.3 is 0 Å². The summed E-state index contributed by atoms with van der Waals surface area (Å²) in [7, 11) is 0. The first-order chi connectivity index (χ1) is 8.79. The standard InChI is InChI=1S/C12H18N6/c1-3-9-4-5-10(8(9)2)14-11-6-13-7-12-15-16-17-18(11)12/h6-10,14H,3-5H2,1-2H3. The Hall–Kier alpha value is -1.72. The quantitative estimate of drug-likeness (QED) is 0.893. The largest absolute Gasteiger partial charge is 0.366 e. The van der Waals surface area contributed by atoms with Gasteiger partial charge < -0.3 is 5.32 Å². The average Bonchev–Trinajstić information content (AvgIpc) is 2.98. The van der Waals surface area contributed by atoms with Crippen molar-refractivity contribution < 1.29 is 0 Å². The van der Waals surface area contributed by atoms with Crippen molar-refractivity contribution >= 4 is 11.5 Å². The minimum absolute atomic E-state index is 0.492. The van der Waals surface area contributed by atoms with E-state index in [4.69, 9.17) is 0 Å². The summed E-state index contributed by atoms with van der Waals surface area (Å²) in [5.74, 6) is 2.39. The SMILES string of the molecule is CCC1CCC(Nc2cncc3nnnn23)C1C. The number of nitrogens with zero attached hydrogens (tertiary/aromatic N) is 5. The Balaban J connectivity index is 1.83. The molecule has 0 amide bonds. The number of anilines is 1. The lowest BCUT2D eigenvalue weighted by molar-refractivity contribution is 0.391. The van der Waals surface area contributed by atoms with E-state index in [-0.39, 0.29) is 0 Å². The van der Waals surface area contributed by atoms with Crippen molar-refractivity contribution in [2.24, 2.45) is 11.8 Å². The number of hydrogen-bond donors (Lipinski definition) is 1. The number of nitrogens with one attached hydrogen (secondary N) is 1. The van der Waals surface area contributed by atoms with Crippen LogP contribution in [0.1, 0.15) is 33.1 Å². The van der Waals surface area contributed by atoms with Crippen LogP contribution in [0.2, 0.25) is 0 Å². The van der Waals surface area contributed by atoms with E-state index in [2.05, 4.69) is 39.7 Å². The molecule has 3 unspecified atom stereocenters. The van der Waals surface area contributed by atoms with E-state index in [1.54, 1.807) is 16.9 Å². The van der Waals surface area contributed by atoms with Crippen molar-refractivity contribution in [1.82, 2.24) is 25.0 Å². The van der Waals surface area contributed by atoms with E-state index < -0.39 is 0 Å². The van der Waals surface area contributed by atoms with Gasteiger partial charge in [-0.1, -0.05) is 20.3 Å². The Morgan fingerprint density at radius 2 is 2.28 bits per heavy atom. The van der Waals surface area contributed by atoms with E-state index in [0.29, 0.717) is 17.6 Å². The second-order valence-electron chi connectivity index (χ2n) is 5.10. The smallest absolute Gasteiger partial charge is 0.199 e. The van der Waals surface area contributed by atoms with Crippen LogP contribution in [0.25, 0.3) is 5.65 Å². The van der Waals surface area contributed by atoms with Crippen molar-refractivity contribution in [3.8, 4) is 0 Å². The fraction of sp³-hybridized carbons (Fsp3) is 0.667. The fourth-order valence-electron chi connectivity index (χ4n) is 2.99. The first-order valence-electron chi connectivity index (χ1n) is 6.58. The summed E-state index contributed by atoms with van der Waals surface area (Å²) < 4.78 is 1.71. The predicted octanol–water partition coefficient (Wildman–Crippen LogP) is 1.76. The first-order valence-corrected chi connectivity index (χ1v) is 6.58.